The van der Waals surface area contributed by atoms with E-state index in [1.165, 1.54) is 135 Å². The maximum Gasteiger partial charge on any atom is 0.220 e. The van der Waals surface area contributed by atoms with Gasteiger partial charge in [0.15, 0.2) is 0 Å². The minimum Gasteiger partial charge on any atom is -0.394 e. The van der Waals surface area contributed by atoms with Crippen LogP contribution < -0.4 is 5.32 Å². The van der Waals surface area contributed by atoms with Gasteiger partial charge in [0.25, 0.3) is 0 Å². The molecule has 0 aliphatic carbocycles. The van der Waals surface area contributed by atoms with Gasteiger partial charge in [-0.15, -0.1) is 0 Å². The Labute approximate surface area is 293 Å². The first-order chi connectivity index (χ1) is 23.2. The molecule has 0 aromatic carbocycles. The normalized spacial score (nSPS) is 13.5. The Balaban J connectivity index is 3.53. The fraction of sp³-hybridized carbons (Fsp3) is 0.791. The average molecular weight is 658 g/mol. The van der Waals surface area contributed by atoms with E-state index in [1.54, 1.807) is 6.08 Å². The van der Waals surface area contributed by atoms with Crippen molar-refractivity contribution in [3.63, 3.8) is 0 Å². The molecule has 2 unspecified atom stereocenters. The Kier molecular flexibility index (Phi) is 37.4. The fourth-order valence-electron chi connectivity index (χ4n) is 5.92. The summed E-state index contributed by atoms with van der Waals surface area (Å²) in [6.45, 7) is 4.17. The van der Waals surface area contributed by atoms with Crippen molar-refractivity contribution in [3.05, 3.63) is 48.6 Å². The number of amides is 1. The average Bonchev–Trinajstić information content (AvgIpc) is 3.07. The lowest BCUT2D eigenvalue weighted by Crippen LogP contribution is -2.45. The van der Waals surface area contributed by atoms with Crippen LogP contribution in [0.2, 0.25) is 0 Å². The summed E-state index contributed by atoms with van der Waals surface area (Å²) in [6.07, 6.45) is 52.3. The molecule has 4 nitrogen and oxygen atoms in total. The first-order valence-corrected chi connectivity index (χ1v) is 20.4. The van der Waals surface area contributed by atoms with Crippen LogP contribution in [0.25, 0.3) is 0 Å². The molecule has 0 bridgehead atoms. The van der Waals surface area contributed by atoms with E-state index in [-0.39, 0.29) is 12.5 Å². The van der Waals surface area contributed by atoms with E-state index < -0.39 is 12.1 Å². The highest BCUT2D eigenvalue weighted by molar-refractivity contribution is 5.76. The minimum atomic E-state index is -0.868. The Bertz CT molecular complexity index is 756. The maximum absolute atomic E-state index is 12.3. The number of unbranched alkanes of at least 4 members (excludes halogenated alkanes) is 23. The SMILES string of the molecule is CC/C=C/CC/C=C/CC/C=C/C(O)C(CO)NC(=O)CCCCCCCCCCC/C=C\CCCCCCCCCCCCCC. The van der Waals surface area contributed by atoms with E-state index in [1.807, 2.05) is 6.08 Å². The van der Waals surface area contributed by atoms with Crippen molar-refractivity contribution >= 4 is 5.91 Å². The van der Waals surface area contributed by atoms with Crippen molar-refractivity contribution < 1.29 is 15.0 Å². The number of rotatable bonds is 36. The molecule has 0 aliphatic heterocycles. The summed E-state index contributed by atoms with van der Waals surface area (Å²) in [5.74, 6) is -0.0836. The Morgan fingerprint density at radius 1 is 0.511 bits per heavy atom. The van der Waals surface area contributed by atoms with Crippen LogP contribution in [0, 0.1) is 0 Å². The lowest BCUT2D eigenvalue weighted by Gasteiger charge is -2.19. The smallest absolute Gasteiger partial charge is 0.220 e. The monoisotopic (exact) mass is 658 g/mol. The van der Waals surface area contributed by atoms with Crippen molar-refractivity contribution in [2.45, 2.75) is 212 Å². The van der Waals surface area contributed by atoms with E-state index in [4.69, 9.17) is 0 Å². The zero-order valence-electron chi connectivity index (χ0n) is 31.3. The molecule has 0 heterocycles. The van der Waals surface area contributed by atoms with Crippen LogP contribution in [0.4, 0.5) is 0 Å². The molecule has 0 aromatic rings. The van der Waals surface area contributed by atoms with Crippen LogP contribution in [0.5, 0.6) is 0 Å². The largest absolute Gasteiger partial charge is 0.394 e. The maximum atomic E-state index is 12.3. The second-order valence-electron chi connectivity index (χ2n) is 13.7. The molecule has 0 radical (unpaired) electrons. The van der Waals surface area contributed by atoms with Crippen LogP contribution in [0.15, 0.2) is 48.6 Å². The van der Waals surface area contributed by atoms with E-state index >= 15 is 0 Å². The van der Waals surface area contributed by atoms with E-state index in [2.05, 4.69) is 55.6 Å². The lowest BCUT2D eigenvalue weighted by atomic mass is 10.0. The van der Waals surface area contributed by atoms with Gasteiger partial charge in [-0.05, 0) is 64.2 Å². The third kappa shape index (κ3) is 35.5. The Morgan fingerprint density at radius 2 is 0.894 bits per heavy atom. The number of nitrogens with one attached hydrogen (secondary N) is 1. The number of hydrogen-bond acceptors (Lipinski definition) is 3. The predicted octanol–water partition coefficient (Wildman–Crippen LogP) is 12.4. The van der Waals surface area contributed by atoms with Crippen molar-refractivity contribution in [1.82, 2.24) is 5.32 Å². The second kappa shape index (κ2) is 38.8. The number of hydrogen-bond donors (Lipinski definition) is 3. The molecule has 2 atom stereocenters. The highest BCUT2D eigenvalue weighted by Crippen LogP contribution is 2.14. The van der Waals surface area contributed by atoms with Crippen LogP contribution in [0.3, 0.4) is 0 Å². The third-order valence-corrected chi connectivity index (χ3v) is 9.02. The molecule has 1 amide bonds. The van der Waals surface area contributed by atoms with Gasteiger partial charge < -0.3 is 15.5 Å². The molecule has 0 aliphatic rings. The molecule has 3 N–H and O–H groups in total. The molecule has 0 fully saturated rings. The second-order valence-corrected chi connectivity index (χ2v) is 13.7. The highest BCUT2D eigenvalue weighted by Gasteiger charge is 2.17. The van der Waals surface area contributed by atoms with Crippen LogP contribution in [0.1, 0.15) is 200 Å². The summed E-state index contributed by atoms with van der Waals surface area (Å²) in [6, 6.07) is -0.644. The van der Waals surface area contributed by atoms with E-state index in [9.17, 15) is 15.0 Å². The molecule has 0 aromatic heterocycles. The fourth-order valence-corrected chi connectivity index (χ4v) is 5.92. The first kappa shape index (κ1) is 45.3. The van der Waals surface area contributed by atoms with Crippen LogP contribution in [-0.4, -0.2) is 34.9 Å². The number of carbonyl (C=O) groups is 1. The van der Waals surface area contributed by atoms with Gasteiger partial charge in [-0.2, -0.15) is 0 Å². The van der Waals surface area contributed by atoms with Gasteiger partial charge in [0.1, 0.15) is 0 Å². The zero-order chi connectivity index (χ0) is 34.3. The van der Waals surface area contributed by atoms with Crippen LogP contribution in [-0.2, 0) is 4.79 Å². The van der Waals surface area contributed by atoms with Gasteiger partial charge in [0, 0.05) is 6.42 Å². The summed E-state index contributed by atoms with van der Waals surface area (Å²) < 4.78 is 0. The van der Waals surface area contributed by atoms with Gasteiger partial charge in [-0.25, -0.2) is 0 Å². The Hall–Kier alpha value is -1.65. The molecule has 0 saturated carbocycles. The molecule has 274 valence electrons. The summed E-state index contributed by atoms with van der Waals surface area (Å²) in [5.41, 5.74) is 0. The van der Waals surface area contributed by atoms with Gasteiger partial charge in [0.2, 0.25) is 5.91 Å². The topological polar surface area (TPSA) is 69.6 Å². The highest BCUT2D eigenvalue weighted by atomic mass is 16.3. The number of allylic oxidation sites excluding steroid dienone is 7. The molecule has 0 rings (SSSR count). The summed E-state index contributed by atoms with van der Waals surface area (Å²) in [4.78, 5) is 12.3. The lowest BCUT2D eigenvalue weighted by molar-refractivity contribution is -0.123. The van der Waals surface area contributed by atoms with Crippen LogP contribution >= 0.6 is 0 Å². The summed E-state index contributed by atoms with van der Waals surface area (Å²) >= 11 is 0. The van der Waals surface area contributed by atoms with Crippen molar-refractivity contribution in [3.8, 4) is 0 Å². The first-order valence-electron chi connectivity index (χ1n) is 20.4. The summed E-state index contributed by atoms with van der Waals surface area (Å²) in [5, 5.41) is 22.8. The molecule has 0 saturated heterocycles. The van der Waals surface area contributed by atoms with E-state index in [0.717, 1.165) is 44.9 Å². The quantitative estimate of drug-likeness (QED) is 0.0464. The van der Waals surface area contributed by atoms with Gasteiger partial charge in [-0.1, -0.05) is 178 Å². The van der Waals surface area contributed by atoms with Gasteiger partial charge in [0.05, 0.1) is 18.8 Å². The van der Waals surface area contributed by atoms with Crippen molar-refractivity contribution in [2.24, 2.45) is 0 Å². The van der Waals surface area contributed by atoms with Crippen molar-refractivity contribution in [1.29, 1.82) is 0 Å². The third-order valence-electron chi connectivity index (χ3n) is 9.02. The zero-order valence-corrected chi connectivity index (χ0v) is 31.3. The van der Waals surface area contributed by atoms with Crippen molar-refractivity contribution in [2.75, 3.05) is 6.61 Å². The standard InChI is InChI=1S/C43H79NO3/c1-3-5-7-9-11-13-15-16-17-18-19-20-21-22-23-24-25-26-27-28-29-31-33-35-37-39-43(47)44-41(40-45)42(46)38-36-34-32-30-14-12-10-8-6-4-2/h6,8,14,22-23,30,36,38,41-42,45-46H,3-5,7,9-13,15-21,24-29,31-35,37,39-40H2,1-2H3,(H,44,47)/b8-6+,23-22-,30-14+,38-36+. The number of aliphatic hydroxyl groups excluding tert-OH is 2. The predicted molar refractivity (Wildman–Crippen MR) is 207 cm³/mol. The van der Waals surface area contributed by atoms with Gasteiger partial charge in [-0.3, -0.25) is 4.79 Å². The molecule has 47 heavy (non-hydrogen) atoms. The minimum absolute atomic E-state index is 0.0836. The molecular weight excluding hydrogens is 578 g/mol. The van der Waals surface area contributed by atoms with Gasteiger partial charge >= 0.3 is 0 Å². The summed E-state index contributed by atoms with van der Waals surface area (Å²) in [7, 11) is 0. The number of carbonyl (C=O) groups excluding carboxylic acids is 1. The number of aliphatic hydroxyl groups is 2. The van der Waals surface area contributed by atoms with E-state index in [0.29, 0.717) is 6.42 Å². The molecular formula is C43H79NO3. The molecule has 0 spiro atoms. The Morgan fingerprint density at radius 3 is 1.34 bits per heavy atom. The molecule has 4 heteroatoms.